The van der Waals surface area contributed by atoms with E-state index in [1.54, 1.807) is 6.92 Å². The van der Waals surface area contributed by atoms with Crippen molar-refractivity contribution in [2.45, 2.75) is 6.92 Å². The molecular formula is C6H13N5S. The van der Waals surface area contributed by atoms with E-state index < -0.39 is 10.7 Å². The maximum atomic E-state index is 5.65. The van der Waals surface area contributed by atoms with E-state index in [1.165, 1.54) is 0 Å². The highest BCUT2D eigenvalue weighted by molar-refractivity contribution is 8.17. The van der Waals surface area contributed by atoms with Crippen molar-refractivity contribution < 1.29 is 0 Å². The van der Waals surface area contributed by atoms with Crippen LogP contribution in [0.3, 0.4) is 0 Å². The number of rotatable bonds is 0. The van der Waals surface area contributed by atoms with Crippen LogP contribution in [0.4, 0.5) is 0 Å². The molecule has 0 aromatic rings. The van der Waals surface area contributed by atoms with Gasteiger partial charge in [-0.15, -0.1) is 0 Å². The summed E-state index contributed by atoms with van der Waals surface area (Å²) in [4.78, 5) is 0.416. The van der Waals surface area contributed by atoms with Gasteiger partial charge in [-0.3, -0.25) is 10.9 Å². The lowest BCUT2D eigenvalue weighted by Gasteiger charge is -2.19. The molecule has 1 unspecified atom stereocenters. The highest BCUT2D eigenvalue weighted by atomic mass is 32.2. The molecule has 68 valence electrons. The minimum Gasteiger partial charge on any atom is -0.397 e. The molecule has 12 heavy (non-hydrogen) atoms. The Balaban J connectivity index is 3.43. The van der Waals surface area contributed by atoms with Gasteiger partial charge in [0.25, 0.3) is 0 Å². The minimum atomic E-state index is -0.817. The van der Waals surface area contributed by atoms with E-state index in [2.05, 4.69) is 0 Å². The standard InChI is InChI=1S/C6H13N5S/c1-2-3(7)5(9)12(11)6(10)4(2)8/h7-11H2,1H3. The van der Waals surface area contributed by atoms with E-state index in [0.717, 1.165) is 0 Å². The van der Waals surface area contributed by atoms with Gasteiger partial charge in [0.15, 0.2) is 0 Å². The molecule has 0 saturated heterocycles. The van der Waals surface area contributed by atoms with Crippen molar-refractivity contribution in [2.75, 3.05) is 0 Å². The summed E-state index contributed by atoms with van der Waals surface area (Å²) in [6, 6.07) is 0. The Morgan fingerprint density at radius 3 is 2.00 bits per heavy atom. The number of hydrogen-bond acceptors (Lipinski definition) is 5. The van der Waals surface area contributed by atoms with Crippen LogP contribution in [-0.4, -0.2) is 4.99 Å². The second-order valence-electron chi connectivity index (χ2n) is 2.52. The van der Waals surface area contributed by atoms with E-state index in [-0.39, 0.29) is 0 Å². The lowest BCUT2D eigenvalue weighted by atomic mass is 10.2. The highest BCUT2D eigenvalue weighted by Gasteiger charge is 2.17. The molecule has 0 amide bonds. The van der Waals surface area contributed by atoms with Crippen molar-refractivity contribution >= 4 is 15.7 Å². The Kier molecular flexibility index (Phi) is 2.14. The molecule has 1 aliphatic heterocycles. The molecule has 0 aromatic carbocycles. The van der Waals surface area contributed by atoms with Crippen molar-refractivity contribution in [3.63, 3.8) is 0 Å². The second-order valence-corrected chi connectivity index (χ2v) is 4.07. The van der Waals surface area contributed by atoms with Gasteiger partial charge in [-0.1, -0.05) is 10.7 Å². The molecule has 0 radical (unpaired) electrons. The third kappa shape index (κ3) is 1.09. The SMILES string of the molecule is CC1=C(N)C(N)=S(N)C(N)=C1N. The summed E-state index contributed by atoms with van der Waals surface area (Å²) in [6.45, 7) is 1.76. The zero-order valence-corrected chi connectivity index (χ0v) is 7.61. The van der Waals surface area contributed by atoms with Gasteiger partial charge in [0.05, 0.1) is 21.4 Å². The summed E-state index contributed by atoms with van der Waals surface area (Å²) in [5.74, 6) is 0. The van der Waals surface area contributed by atoms with Crippen molar-refractivity contribution in [1.29, 1.82) is 0 Å². The largest absolute Gasteiger partial charge is 0.397 e. The molecule has 1 aliphatic rings. The number of nitrogens with two attached hydrogens (primary N) is 5. The first kappa shape index (κ1) is 9.11. The third-order valence-electron chi connectivity index (χ3n) is 1.81. The topological polar surface area (TPSA) is 130 Å². The first-order valence-electron chi connectivity index (χ1n) is 3.30. The van der Waals surface area contributed by atoms with Crippen LogP contribution in [0.1, 0.15) is 6.92 Å². The van der Waals surface area contributed by atoms with Gasteiger partial charge in [0.2, 0.25) is 0 Å². The summed E-state index contributed by atoms with van der Waals surface area (Å²) < 4.78 is 0. The van der Waals surface area contributed by atoms with Crippen LogP contribution in [0.15, 0.2) is 22.0 Å². The van der Waals surface area contributed by atoms with Crippen molar-refractivity contribution in [1.82, 2.24) is 0 Å². The van der Waals surface area contributed by atoms with E-state index in [0.29, 0.717) is 27.0 Å². The maximum absolute atomic E-state index is 5.65. The molecule has 1 rings (SSSR count). The van der Waals surface area contributed by atoms with Crippen LogP contribution in [0.25, 0.3) is 0 Å². The van der Waals surface area contributed by atoms with Gasteiger partial charge in [0.1, 0.15) is 0 Å². The quantitative estimate of drug-likeness (QED) is 0.296. The molecular weight excluding hydrogens is 174 g/mol. The van der Waals surface area contributed by atoms with Gasteiger partial charge in [-0.05, 0) is 12.5 Å². The van der Waals surface area contributed by atoms with Crippen LogP contribution >= 0.6 is 10.7 Å². The first-order chi connectivity index (χ1) is 5.46. The van der Waals surface area contributed by atoms with E-state index in [4.69, 9.17) is 28.1 Å². The van der Waals surface area contributed by atoms with Crippen LogP contribution in [-0.2, 0) is 0 Å². The first-order valence-corrected chi connectivity index (χ1v) is 4.59. The Labute approximate surface area is 73.3 Å². The zero-order valence-electron chi connectivity index (χ0n) is 6.79. The number of allylic oxidation sites excluding steroid dienone is 1. The van der Waals surface area contributed by atoms with Crippen LogP contribution in [0, 0.1) is 0 Å². The fourth-order valence-corrected chi connectivity index (χ4v) is 1.89. The average Bonchev–Trinajstić information content (AvgIpc) is 2.08. The summed E-state index contributed by atoms with van der Waals surface area (Å²) in [5.41, 5.74) is 24.1. The summed E-state index contributed by atoms with van der Waals surface area (Å²) in [6.07, 6.45) is 0. The van der Waals surface area contributed by atoms with Gasteiger partial charge >= 0.3 is 0 Å². The fraction of sp³-hybridized carbons (Fsp3) is 0.167. The van der Waals surface area contributed by atoms with Crippen LogP contribution < -0.4 is 28.1 Å². The Hall–Kier alpha value is -0.980. The van der Waals surface area contributed by atoms with Crippen molar-refractivity contribution in [3.05, 3.63) is 22.0 Å². The van der Waals surface area contributed by atoms with Crippen LogP contribution in [0.2, 0.25) is 0 Å². The van der Waals surface area contributed by atoms with Crippen molar-refractivity contribution in [3.8, 4) is 0 Å². The molecule has 0 fully saturated rings. The Morgan fingerprint density at radius 2 is 1.50 bits per heavy atom. The molecule has 1 atom stereocenters. The minimum absolute atomic E-state index is 0.416. The third-order valence-corrected chi connectivity index (χ3v) is 3.20. The summed E-state index contributed by atoms with van der Waals surface area (Å²) >= 11 is 0. The predicted molar refractivity (Wildman–Crippen MR) is 53.3 cm³/mol. The van der Waals surface area contributed by atoms with Gasteiger partial charge < -0.3 is 17.2 Å². The Bertz CT molecular complexity index is 226. The van der Waals surface area contributed by atoms with Gasteiger partial charge in [-0.2, -0.15) is 0 Å². The number of hydrogen-bond donors (Lipinski definition) is 5. The average molecular weight is 187 g/mol. The van der Waals surface area contributed by atoms with Crippen molar-refractivity contribution in [2.24, 2.45) is 28.1 Å². The maximum Gasteiger partial charge on any atom is 0.0989 e. The monoisotopic (exact) mass is 187 g/mol. The van der Waals surface area contributed by atoms with E-state index in [9.17, 15) is 0 Å². The second kappa shape index (κ2) is 2.81. The normalized spacial score (nSPS) is 25.2. The molecule has 6 heteroatoms. The Morgan fingerprint density at radius 1 is 1.00 bits per heavy atom. The molecule has 0 aromatic heterocycles. The highest BCUT2D eigenvalue weighted by Crippen LogP contribution is 2.25. The predicted octanol–water partition coefficient (Wildman–Crippen LogP) is -1.45. The van der Waals surface area contributed by atoms with E-state index in [1.807, 2.05) is 0 Å². The molecule has 10 N–H and O–H groups in total. The van der Waals surface area contributed by atoms with Gasteiger partial charge in [0, 0.05) is 0 Å². The molecule has 1 heterocycles. The molecule has 0 saturated carbocycles. The molecule has 0 aliphatic carbocycles. The van der Waals surface area contributed by atoms with Gasteiger partial charge in [-0.25, -0.2) is 0 Å². The zero-order chi connectivity index (χ0) is 9.46. The summed E-state index contributed by atoms with van der Waals surface area (Å²) in [7, 11) is -0.817. The molecule has 0 spiro atoms. The molecule has 0 bridgehead atoms. The lowest BCUT2D eigenvalue weighted by Crippen LogP contribution is -2.31. The summed E-state index contributed by atoms with van der Waals surface area (Å²) in [5, 5.41) is 6.07. The lowest BCUT2D eigenvalue weighted by molar-refractivity contribution is 1.19. The molecule has 5 nitrogen and oxygen atoms in total. The smallest absolute Gasteiger partial charge is 0.0989 e. The van der Waals surface area contributed by atoms with E-state index >= 15 is 0 Å². The fourth-order valence-electron chi connectivity index (χ4n) is 0.870. The van der Waals surface area contributed by atoms with Crippen LogP contribution in [0.5, 0.6) is 0 Å².